The number of hydrogen-bond donors (Lipinski definition) is 1. The zero-order chi connectivity index (χ0) is 22.8. The van der Waals surface area contributed by atoms with E-state index in [9.17, 15) is 22.8 Å². The minimum absolute atomic E-state index is 0.129. The standard InChI is InChI=1S/C20H15F3N2O5S/c1-28-15-7-10(8-16-17(26)25-19(24)31-16)3-6-14(15)30-11-4-5-12(18(27)29-2)13(9-11)20(21,22)23/h3-9H,1-2H3,(H2,24,25,26). The number of aliphatic imine (C=N–C) groups is 1. The number of hydrogen-bond acceptors (Lipinski definition) is 7. The molecule has 1 aliphatic heterocycles. The highest BCUT2D eigenvalue weighted by Gasteiger charge is 2.36. The second-order valence-electron chi connectivity index (χ2n) is 6.07. The number of ether oxygens (including phenoxy) is 3. The summed E-state index contributed by atoms with van der Waals surface area (Å²) in [6.07, 6.45) is -3.24. The third kappa shape index (κ3) is 5.00. The minimum Gasteiger partial charge on any atom is -0.493 e. The van der Waals surface area contributed by atoms with Gasteiger partial charge in [0.25, 0.3) is 5.91 Å². The lowest BCUT2D eigenvalue weighted by Crippen LogP contribution is -2.14. The van der Waals surface area contributed by atoms with E-state index in [1.54, 1.807) is 12.1 Å². The van der Waals surface area contributed by atoms with Crippen LogP contribution < -0.4 is 15.2 Å². The van der Waals surface area contributed by atoms with Crippen LogP contribution >= 0.6 is 11.8 Å². The first-order valence-electron chi connectivity index (χ1n) is 8.56. The first-order chi connectivity index (χ1) is 14.6. The highest BCUT2D eigenvalue weighted by atomic mass is 32.2. The Morgan fingerprint density at radius 1 is 1.13 bits per heavy atom. The average Bonchev–Trinajstić information content (AvgIpc) is 3.04. The van der Waals surface area contributed by atoms with Crippen molar-refractivity contribution in [3.63, 3.8) is 0 Å². The second kappa shape index (κ2) is 8.72. The summed E-state index contributed by atoms with van der Waals surface area (Å²) >= 11 is 1.02. The van der Waals surface area contributed by atoms with Crippen molar-refractivity contribution in [3.8, 4) is 17.2 Å². The highest BCUT2D eigenvalue weighted by molar-refractivity contribution is 8.18. The monoisotopic (exact) mass is 452 g/mol. The number of nitrogens with two attached hydrogens (primary N) is 1. The molecule has 0 unspecified atom stereocenters. The molecule has 1 heterocycles. The van der Waals surface area contributed by atoms with E-state index in [0.29, 0.717) is 16.5 Å². The van der Waals surface area contributed by atoms with E-state index in [0.717, 1.165) is 24.9 Å². The first-order valence-corrected chi connectivity index (χ1v) is 9.37. The molecule has 3 rings (SSSR count). The number of nitrogens with zero attached hydrogens (tertiary/aromatic N) is 1. The van der Waals surface area contributed by atoms with Crippen molar-refractivity contribution >= 4 is 34.9 Å². The number of amidine groups is 1. The van der Waals surface area contributed by atoms with Gasteiger partial charge in [0.05, 0.1) is 30.3 Å². The summed E-state index contributed by atoms with van der Waals surface area (Å²) in [4.78, 5) is 27.3. The summed E-state index contributed by atoms with van der Waals surface area (Å²) in [7, 11) is 2.35. The lowest BCUT2D eigenvalue weighted by Gasteiger charge is -2.15. The van der Waals surface area contributed by atoms with Gasteiger partial charge in [-0.3, -0.25) is 4.79 Å². The Kier molecular flexibility index (Phi) is 6.25. The zero-order valence-electron chi connectivity index (χ0n) is 16.1. The molecular weight excluding hydrogens is 437 g/mol. The summed E-state index contributed by atoms with van der Waals surface area (Å²) in [5, 5.41) is 0.138. The van der Waals surface area contributed by atoms with Crippen LogP contribution in [0.25, 0.3) is 6.08 Å². The Labute approximate surface area is 178 Å². The Balaban J connectivity index is 1.91. The molecule has 7 nitrogen and oxygen atoms in total. The Bertz CT molecular complexity index is 1110. The first kappa shape index (κ1) is 22.2. The zero-order valence-corrected chi connectivity index (χ0v) is 17.0. The second-order valence-corrected chi connectivity index (χ2v) is 7.14. The molecule has 162 valence electrons. The van der Waals surface area contributed by atoms with E-state index >= 15 is 0 Å². The van der Waals surface area contributed by atoms with E-state index in [1.807, 2.05) is 0 Å². The molecule has 0 aliphatic carbocycles. The molecule has 0 atom stereocenters. The predicted molar refractivity (Wildman–Crippen MR) is 108 cm³/mol. The smallest absolute Gasteiger partial charge is 0.417 e. The Hall–Kier alpha value is -3.47. The quantitative estimate of drug-likeness (QED) is 0.535. The number of halogens is 3. The largest absolute Gasteiger partial charge is 0.493 e. The summed E-state index contributed by atoms with van der Waals surface area (Å²) in [6, 6.07) is 7.49. The number of methoxy groups -OCH3 is 2. The van der Waals surface area contributed by atoms with Gasteiger partial charge in [-0.2, -0.15) is 18.2 Å². The van der Waals surface area contributed by atoms with Crippen molar-refractivity contribution in [1.82, 2.24) is 0 Å². The van der Waals surface area contributed by atoms with E-state index in [1.165, 1.54) is 25.3 Å². The molecular formula is C20H15F3N2O5S. The molecule has 0 saturated heterocycles. The van der Waals surface area contributed by atoms with E-state index in [4.69, 9.17) is 15.2 Å². The summed E-state index contributed by atoms with van der Waals surface area (Å²) in [5.41, 5.74) is 4.27. The molecule has 0 fully saturated rings. The van der Waals surface area contributed by atoms with Crippen LogP contribution in [-0.2, 0) is 15.7 Å². The molecule has 2 aromatic carbocycles. The van der Waals surface area contributed by atoms with Crippen molar-refractivity contribution in [3.05, 3.63) is 58.0 Å². The van der Waals surface area contributed by atoms with Gasteiger partial charge >= 0.3 is 12.1 Å². The van der Waals surface area contributed by atoms with Crippen LogP contribution in [0.1, 0.15) is 21.5 Å². The van der Waals surface area contributed by atoms with Crippen LogP contribution in [0.5, 0.6) is 17.2 Å². The molecule has 0 bridgehead atoms. The Morgan fingerprint density at radius 2 is 1.87 bits per heavy atom. The topological polar surface area (TPSA) is 100 Å². The van der Waals surface area contributed by atoms with Crippen LogP contribution in [0.15, 0.2) is 46.3 Å². The number of amides is 1. The minimum atomic E-state index is -4.79. The molecule has 0 radical (unpaired) electrons. The molecule has 2 N–H and O–H groups in total. The van der Waals surface area contributed by atoms with Crippen LogP contribution in [0.2, 0.25) is 0 Å². The van der Waals surface area contributed by atoms with Crippen molar-refractivity contribution in [2.24, 2.45) is 10.7 Å². The molecule has 0 spiro atoms. The van der Waals surface area contributed by atoms with Crippen molar-refractivity contribution in [1.29, 1.82) is 0 Å². The molecule has 0 aromatic heterocycles. The predicted octanol–water partition coefficient (Wildman–Crippen LogP) is 4.22. The maximum Gasteiger partial charge on any atom is 0.417 e. The fourth-order valence-corrected chi connectivity index (χ4v) is 3.35. The third-order valence-electron chi connectivity index (χ3n) is 4.05. The van der Waals surface area contributed by atoms with Gasteiger partial charge in [0.1, 0.15) is 5.75 Å². The van der Waals surface area contributed by atoms with Crippen molar-refractivity contribution in [2.75, 3.05) is 14.2 Å². The van der Waals surface area contributed by atoms with Crippen molar-refractivity contribution in [2.45, 2.75) is 6.18 Å². The van der Waals surface area contributed by atoms with Crippen LogP contribution in [-0.4, -0.2) is 31.3 Å². The maximum absolute atomic E-state index is 13.4. The Morgan fingerprint density at radius 3 is 2.45 bits per heavy atom. The van der Waals surface area contributed by atoms with Crippen LogP contribution in [0.4, 0.5) is 13.2 Å². The van der Waals surface area contributed by atoms with Gasteiger partial charge in [-0.05, 0) is 53.7 Å². The number of benzene rings is 2. The molecule has 11 heteroatoms. The van der Waals surface area contributed by atoms with E-state index in [-0.39, 0.29) is 22.4 Å². The molecule has 1 amide bonds. The lowest BCUT2D eigenvalue weighted by molar-refractivity contribution is -0.138. The number of rotatable bonds is 5. The molecule has 31 heavy (non-hydrogen) atoms. The van der Waals surface area contributed by atoms with Gasteiger partial charge in [0.2, 0.25) is 0 Å². The maximum atomic E-state index is 13.4. The number of alkyl halides is 3. The molecule has 0 saturated carbocycles. The van der Waals surface area contributed by atoms with Crippen LogP contribution in [0.3, 0.4) is 0 Å². The van der Waals surface area contributed by atoms with Gasteiger partial charge in [0.15, 0.2) is 16.7 Å². The summed E-state index contributed by atoms with van der Waals surface area (Å²) < 4.78 is 55.3. The third-order valence-corrected chi connectivity index (χ3v) is 4.86. The number of esters is 1. The van der Waals surface area contributed by atoms with Crippen LogP contribution in [0, 0.1) is 0 Å². The highest BCUT2D eigenvalue weighted by Crippen LogP contribution is 2.38. The van der Waals surface area contributed by atoms with Gasteiger partial charge < -0.3 is 19.9 Å². The number of carbonyl (C=O) groups excluding carboxylic acids is 2. The normalized spacial score (nSPS) is 15.1. The molecule has 1 aliphatic rings. The number of carbonyl (C=O) groups is 2. The van der Waals surface area contributed by atoms with Gasteiger partial charge in [-0.1, -0.05) is 6.07 Å². The average molecular weight is 452 g/mol. The van der Waals surface area contributed by atoms with Gasteiger partial charge in [-0.25, -0.2) is 4.79 Å². The number of thioether (sulfide) groups is 1. The SMILES string of the molecule is COC(=O)c1ccc(Oc2ccc(C=C3SC(N)=NC3=O)cc2OC)cc1C(F)(F)F. The fraction of sp³-hybridized carbons (Fsp3) is 0.150. The lowest BCUT2D eigenvalue weighted by atomic mass is 10.1. The molecule has 2 aromatic rings. The van der Waals surface area contributed by atoms with Gasteiger partial charge in [0, 0.05) is 0 Å². The van der Waals surface area contributed by atoms with E-state index < -0.39 is 29.2 Å². The summed E-state index contributed by atoms with van der Waals surface area (Å²) in [6.45, 7) is 0. The summed E-state index contributed by atoms with van der Waals surface area (Å²) in [5.74, 6) is -1.40. The van der Waals surface area contributed by atoms with Gasteiger partial charge in [-0.15, -0.1) is 0 Å². The van der Waals surface area contributed by atoms with Crippen molar-refractivity contribution < 1.29 is 37.0 Å². The van der Waals surface area contributed by atoms with E-state index in [2.05, 4.69) is 9.73 Å². The fourth-order valence-electron chi connectivity index (χ4n) is 2.67.